The zero-order valence-corrected chi connectivity index (χ0v) is 9.59. The molecule has 1 saturated heterocycles. The van der Waals surface area contributed by atoms with Crippen LogP contribution in [0.1, 0.15) is 25.3 Å². The molecule has 1 atom stereocenters. The Balaban J connectivity index is 0.000000404. The standard InChI is InChI=1S/C11H14N2.C2H6/c1-2-4-11-9(3-1)10(7-13-11)8-5-12-6-8;1-2/h1-4,8,10,12-13H,5-7H2;1-2H3. The summed E-state index contributed by atoms with van der Waals surface area (Å²) in [6.45, 7) is 7.52. The topological polar surface area (TPSA) is 24.1 Å². The molecule has 2 nitrogen and oxygen atoms in total. The molecule has 15 heavy (non-hydrogen) atoms. The molecule has 0 spiro atoms. The lowest BCUT2D eigenvalue weighted by molar-refractivity contribution is 0.303. The van der Waals surface area contributed by atoms with E-state index in [0.29, 0.717) is 0 Å². The van der Waals surface area contributed by atoms with Crippen LogP contribution in [-0.2, 0) is 0 Å². The smallest absolute Gasteiger partial charge is 0.0376 e. The summed E-state index contributed by atoms with van der Waals surface area (Å²) in [4.78, 5) is 0. The van der Waals surface area contributed by atoms with Crippen LogP contribution >= 0.6 is 0 Å². The normalized spacial score (nSPS) is 23.2. The van der Waals surface area contributed by atoms with E-state index in [1.54, 1.807) is 0 Å². The monoisotopic (exact) mass is 204 g/mol. The first-order valence-electron chi connectivity index (χ1n) is 5.98. The predicted molar refractivity (Wildman–Crippen MR) is 65.4 cm³/mol. The Morgan fingerprint density at radius 3 is 2.47 bits per heavy atom. The number of fused-ring (bicyclic) bond motifs is 1. The molecule has 2 heterocycles. The van der Waals surface area contributed by atoms with Gasteiger partial charge in [-0.3, -0.25) is 0 Å². The van der Waals surface area contributed by atoms with Crippen LogP contribution in [-0.4, -0.2) is 19.6 Å². The van der Waals surface area contributed by atoms with E-state index >= 15 is 0 Å². The van der Waals surface area contributed by atoms with E-state index < -0.39 is 0 Å². The summed E-state index contributed by atoms with van der Waals surface area (Å²) < 4.78 is 0. The third-order valence-electron chi connectivity index (χ3n) is 3.25. The molecule has 1 aromatic rings. The minimum atomic E-state index is 0.748. The highest BCUT2D eigenvalue weighted by Gasteiger charge is 2.32. The van der Waals surface area contributed by atoms with Crippen molar-refractivity contribution in [2.75, 3.05) is 25.0 Å². The van der Waals surface area contributed by atoms with Crippen molar-refractivity contribution in [1.82, 2.24) is 5.32 Å². The van der Waals surface area contributed by atoms with E-state index in [4.69, 9.17) is 0 Å². The summed E-state index contributed by atoms with van der Waals surface area (Å²) in [5.41, 5.74) is 2.87. The Bertz CT molecular complexity index is 318. The average molecular weight is 204 g/mol. The van der Waals surface area contributed by atoms with E-state index in [1.165, 1.54) is 24.3 Å². The first-order chi connectivity index (χ1) is 7.45. The van der Waals surface area contributed by atoms with Gasteiger partial charge in [0, 0.05) is 18.2 Å². The van der Waals surface area contributed by atoms with Gasteiger partial charge in [0.15, 0.2) is 0 Å². The third kappa shape index (κ3) is 1.86. The Labute approximate surface area is 92.1 Å². The van der Waals surface area contributed by atoms with Gasteiger partial charge in [-0.25, -0.2) is 0 Å². The molecule has 0 amide bonds. The lowest BCUT2D eigenvalue weighted by Crippen LogP contribution is -2.45. The molecule has 1 fully saturated rings. The number of benzene rings is 1. The number of hydrogen-bond donors (Lipinski definition) is 2. The van der Waals surface area contributed by atoms with Gasteiger partial charge in [-0.2, -0.15) is 0 Å². The Morgan fingerprint density at radius 2 is 1.80 bits per heavy atom. The van der Waals surface area contributed by atoms with Gasteiger partial charge in [0.2, 0.25) is 0 Å². The number of anilines is 1. The molecule has 3 rings (SSSR count). The van der Waals surface area contributed by atoms with Gasteiger partial charge in [0.05, 0.1) is 0 Å². The fourth-order valence-corrected chi connectivity index (χ4v) is 2.33. The molecule has 0 aliphatic carbocycles. The molecular formula is C13H20N2. The maximum Gasteiger partial charge on any atom is 0.0376 e. The second-order valence-corrected chi connectivity index (χ2v) is 3.99. The Morgan fingerprint density at radius 1 is 1.07 bits per heavy atom. The van der Waals surface area contributed by atoms with Crippen LogP contribution in [0, 0.1) is 5.92 Å². The molecule has 0 aromatic heterocycles. The highest BCUT2D eigenvalue weighted by atomic mass is 15.0. The van der Waals surface area contributed by atoms with Crippen molar-refractivity contribution in [2.24, 2.45) is 5.92 Å². The van der Waals surface area contributed by atoms with Gasteiger partial charge in [0.25, 0.3) is 0 Å². The van der Waals surface area contributed by atoms with E-state index in [-0.39, 0.29) is 0 Å². The van der Waals surface area contributed by atoms with Crippen LogP contribution in [0.4, 0.5) is 5.69 Å². The summed E-state index contributed by atoms with van der Waals surface area (Å²) in [6, 6.07) is 8.69. The van der Waals surface area contributed by atoms with Crippen molar-refractivity contribution < 1.29 is 0 Å². The summed E-state index contributed by atoms with van der Waals surface area (Å²) in [7, 11) is 0. The van der Waals surface area contributed by atoms with E-state index in [1.807, 2.05) is 13.8 Å². The minimum absolute atomic E-state index is 0.748. The molecule has 2 heteroatoms. The van der Waals surface area contributed by atoms with E-state index in [0.717, 1.165) is 18.4 Å². The summed E-state index contributed by atoms with van der Waals surface area (Å²) in [5, 5.41) is 6.81. The number of para-hydroxylation sites is 1. The lowest BCUT2D eigenvalue weighted by Gasteiger charge is -2.32. The molecular weight excluding hydrogens is 184 g/mol. The fourth-order valence-electron chi connectivity index (χ4n) is 2.33. The molecule has 0 saturated carbocycles. The SMILES string of the molecule is CC.c1ccc2c(c1)NCC2C1CNC1. The third-order valence-corrected chi connectivity index (χ3v) is 3.25. The summed E-state index contributed by atoms with van der Waals surface area (Å²) in [6.07, 6.45) is 0. The number of nitrogens with one attached hydrogen (secondary N) is 2. The van der Waals surface area contributed by atoms with Crippen molar-refractivity contribution in [1.29, 1.82) is 0 Å². The highest BCUT2D eigenvalue weighted by molar-refractivity contribution is 5.57. The van der Waals surface area contributed by atoms with Crippen LogP contribution in [0.2, 0.25) is 0 Å². The van der Waals surface area contributed by atoms with Gasteiger partial charge in [-0.05, 0) is 30.6 Å². The van der Waals surface area contributed by atoms with Crippen LogP contribution in [0.5, 0.6) is 0 Å². The van der Waals surface area contributed by atoms with Crippen LogP contribution < -0.4 is 10.6 Å². The van der Waals surface area contributed by atoms with Crippen molar-refractivity contribution in [3.05, 3.63) is 29.8 Å². The molecule has 0 radical (unpaired) electrons. The number of rotatable bonds is 1. The van der Waals surface area contributed by atoms with Crippen molar-refractivity contribution in [3.63, 3.8) is 0 Å². The van der Waals surface area contributed by atoms with Crippen molar-refractivity contribution in [2.45, 2.75) is 19.8 Å². The quantitative estimate of drug-likeness (QED) is 0.734. The first kappa shape index (κ1) is 10.5. The molecule has 2 N–H and O–H groups in total. The zero-order chi connectivity index (χ0) is 10.7. The molecule has 0 bridgehead atoms. The Kier molecular flexibility index (Phi) is 3.27. The predicted octanol–water partition coefficient (Wildman–Crippen LogP) is 2.44. The van der Waals surface area contributed by atoms with Crippen molar-refractivity contribution >= 4 is 5.69 Å². The molecule has 2 aliphatic heterocycles. The van der Waals surface area contributed by atoms with Gasteiger partial charge in [0.1, 0.15) is 0 Å². The second-order valence-electron chi connectivity index (χ2n) is 3.99. The summed E-state index contributed by atoms with van der Waals surface area (Å²) >= 11 is 0. The van der Waals surface area contributed by atoms with Crippen molar-refractivity contribution in [3.8, 4) is 0 Å². The second kappa shape index (κ2) is 4.67. The van der Waals surface area contributed by atoms with Gasteiger partial charge < -0.3 is 10.6 Å². The van der Waals surface area contributed by atoms with E-state index in [2.05, 4.69) is 34.9 Å². The first-order valence-corrected chi connectivity index (χ1v) is 5.98. The maximum atomic E-state index is 3.47. The zero-order valence-electron chi connectivity index (χ0n) is 9.59. The van der Waals surface area contributed by atoms with Gasteiger partial charge in [-0.1, -0.05) is 32.0 Å². The highest BCUT2D eigenvalue weighted by Crippen LogP contribution is 2.37. The molecule has 1 aromatic carbocycles. The largest absolute Gasteiger partial charge is 0.384 e. The Hall–Kier alpha value is -1.02. The van der Waals surface area contributed by atoms with Crippen LogP contribution in [0.15, 0.2) is 24.3 Å². The minimum Gasteiger partial charge on any atom is -0.384 e. The number of hydrogen-bond acceptors (Lipinski definition) is 2. The van der Waals surface area contributed by atoms with Crippen LogP contribution in [0.25, 0.3) is 0 Å². The molecule has 1 unspecified atom stereocenters. The van der Waals surface area contributed by atoms with Gasteiger partial charge >= 0.3 is 0 Å². The fraction of sp³-hybridized carbons (Fsp3) is 0.538. The summed E-state index contributed by atoms with van der Waals surface area (Å²) in [5.74, 6) is 1.61. The molecule has 82 valence electrons. The van der Waals surface area contributed by atoms with Crippen LogP contribution in [0.3, 0.4) is 0 Å². The molecule has 2 aliphatic rings. The van der Waals surface area contributed by atoms with Gasteiger partial charge in [-0.15, -0.1) is 0 Å². The van der Waals surface area contributed by atoms with E-state index in [9.17, 15) is 0 Å². The lowest BCUT2D eigenvalue weighted by atomic mass is 9.84. The average Bonchev–Trinajstić information content (AvgIpc) is 2.63. The maximum absolute atomic E-state index is 3.47.